The molecule has 142 valence electrons. The van der Waals surface area contributed by atoms with Gasteiger partial charge in [0, 0.05) is 32.2 Å². The van der Waals surface area contributed by atoms with Gasteiger partial charge < -0.3 is 9.80 Å². The Morgan fingerprint density at radius 1 is 1.18 bits per heavy atom. The molecule has 3 aromatic rings. The van der Waals surface area contributed by atoms with Crippen molar-refractivity contribution in [2.45, 2.75) is 31.7 Å². The Bertz CT molecular complexity index is 1050. The van der Waals surface area contributed by atoms with Gasteiger partial charge in [-0.15, -0.1) is 0 Å². The highest BCUT2D eigenvalue weighted by atomic mass is 16.2. The number of rotatable bonds is 3. The van der Waals surface area contributed by atoms with Crippen molar-refractivity contribution in [2.75, 3.05) is 23.4 Å². The molecule has 1 fully saturated rings. The summed E-state index contributed by atoms with van der Waals surface area (Å²) in [5.41, 5.74) is 1.01. The van der Waals surface area contributed by atoms with Gasteiger partial charge in [-0.2, -0.15) is 4.98 Å². The third kappa shape index (κ3) is 2.20. The third-order valence-corrected chi connectivity index (χ3v) is 5.88. The second kappa shape index (κ2) is 6.12. The molecule has 1 atom stereocenters. The van der Waals surface area contributed by atoms with Crippen molar-refractivity contribution < 1.29 is 4.79 Å². The van der Waals surface area contributed by atoms with Gasteiger partial charge in [0.1, 0.15) is 16.9 Å². The van der Waals surface area contributed by atoms with E-state index in [1.54, 1.807) is 23.5 Å². The van der Waals surface area contributed by atoms with Gasteiger partial charge in [-0.05, 0) is 31.4 Å². The van der Waals surface area contributed by atoms with E-state index in [1.165, 1.54) is 0 Å². The summed E-state index contributed by atoms with van der Waals surface area (Å²) in [6.07, 6.45) is 9.62. The van der Waals surface area contributed by atoms with E-state index in [0.29, 0.717) is 11.8 Å². The molecule has 0 N–H and O–H groups in total. The molecule has 2 aliphatic heterocycles. The van der Waals surface area contributed by atoms with Crippen LogP contribution in [0.2, 0.25) is 0 Å². The molecule has 2 aliphatic rings. The summed E-state index contributed by atoms with van der Waals surface area (Å²) >= 11 is 0. The number of pyridine rings is 1. The van der Waals surface area contributed by atoms with Gasteiger partial charge in [0.25, 0.3) is 5.91 Å². The number of hydrogen-bond donors (Lipinski definition) is 0. The lowest BCUT2D eigenvalue weighted by molar-refractivity contribution is -0.123. The molecule has 0 spiro atoms. The molecular weight excluding hydrogens is 354 g/mol. The molecule has 0 radical (unpaired) electrons. The second-order valence-electron chi connectivity index (χ2n) is 7.22. The van der Waals surface area contributed by atoms with Crippen LogP contribution >= 0.6 is 0 Å². The zero-order valence-corrected chi connectivity index (χ0v) is 15.9. The molecule has 0 aliphatic carbocycles. The number of anilines is 2. The summed E-state index contributed by atoms with van der Waals surface area (Å²) in [5, 5.41) is 0. The Morgan fingerprint density at radius 3 is 2.86 bits per heavy atom. The van der Waals surface area contributed by atoms with E-state index < -0.39 is 5.54 Å². The van der Waals surface area contributed by atoms with Crippen LogP contribution in [0.15, 0.2) is 43.0 Å². The van der Waals surface area contributed by atoms with Crippen molar-refractivity contribution in [1.82, 2.24) is 24.5 Å². The fourth-order valence-corrected chi connectivity index (χ4v) is 4.41. The maximum Gasteiger partial charge on any atom is 0.252 e. The summed E-state index contributed by atoms with van der Waals surface area (Å²) in [5.74, 6) is 2.15. The van der Waals surface area contributed by atoms with Gasteiger partial charge in [-0.25, -0.2) is 9.97 Å². The Kier molecular flexibility index (Phi) is 3.68. The van der Waals surface area contributed by atoms with Crippen molar-refractivity contribution in [2.24, 2.45) is 0 Å². The average Bonchev–Trinajstić information content (AvgIpc) is 3.40. The minimum Gasteiger partial charge on any atom is -0.340 e. The van der Waals surface area contributed by atoms with Crippen LogP contribution in [0.1, 0.15) is 26.2 Å². The monoisotopic (exact) mass is 375 g/mol. The first-order valence-corrected chi connectivity index (χ1v) is 9.53. The highest BCUT2D eigenvalue weighted by Gasteiger charge is 2.52. The number of amides is 1. The molecule has 1 unspecified atom stereocenters. The number of hydrogen-bond acceptors (Lipinski definition) is 6. The number of fused-ring (bicyclic) bond motifs is 3. The quantitative estimate of drug-likeness (QED) is 0.700. The molecule has 3 aromatic heterocycles. The highest BCUT2D eigenvalue weighted by Crippen LogP contribution is 2.45. The second-order valence-corrected chi connectivity index (χ2v) is 7.22. The first-order chi connectivity index (χ1) is 13.7. The first kappa shape index (κ1) is 16.9. The number of likely N-dealkylation sites (N-methyl/N-ethyl adjacent to an activating group) is 1. The third-order valence-electron chi connectivity index (χ3n) is 5.88. The van der Waals surface area contributed by atoms with Crippen molar-refractivity contribution in [3.05, 3.63) is 43.0 Å². The largest absolute Gasteiger partial charge is 0.340 e. The molecule has 5 rings (SSSR count). The highest BCUT2D eigenvalue weighted by molar-refractivity contribution is 6.07. The Labute approximate surface area is 162 Å². The Balaban J connectivity index is 1.65. The van der Waals surface area contributed by atoms with Crippen LogP contribution in [0, 0.1) is 0 Å². The average molecular weight is 375 g/mol. The number of imidazole rings is 1. The molecule has 0 saturated carbocycles. The number of carbonyl (C=O) groups excluding carboxylic acids is 1. The number of carbonyl (C=O) groups is 1. The summed E-state index contributed by atoms with van der Waals surface area (Å²) in [4.78, 5) is 35.2. The van der Waals surface area contributed by atoms with Gasteiger partial charge in [0.15, 0.2) is 11.6 Å². The molecule has 1 amide bonds. The maximum atomic E-state index is 13.1. The summed E-state index contributed by atoms with van der Waals surface area (Å²) in [6.45, 7) is 2.90. The van der Waals surface area contributed by atoms with Crippen LogP contribution in [-0.2, 0) is 4.79 Å². The SMILES string of the molecule is CCC12CCCN1c1nc(-n3ccnc3-c3ccccn3)ncc1N(C)C2=O. The molecule has 1 saturated heterocycles. The van der Waals surface area contributed by atoms with E-state index in [4.69, 9.17) is 4.98 Å². The molecule has 5 heterocycles. The molecule has 28 heavy (non-hydrogen) atoms. The minimum absolute atomic E-state index is 0.133. The van der Waals surface area contributed by atoms with Crippen molar-refractivity contribution in [1.29, 1.82) is 0 Å². The van der Waals surface area contributed by atoms with E-state index in [1.807, 2.05) is 36.0 Å². The van der Waals surface area contributed by atoms with Crippen LogP contribution in [0.3, 0.4) is 0 Å². The fourth-order valence-electron chi connectivity index (χ4n) is 4.41. The van der Waals surface area contributed by atoms with Gasteiger partial charge in [0.05, 0.1) is 6.20 Å². The van der Waals surface area contributed by atoms with Gasteiger partial charge >= 0.3 is 0 Å². The first-order valence-electron chi connectivity index (χ1n) is 9.53. The summed E-state index contributed by atoms with van der Waals surface area (Å²) in [6, 6.07) is 5.71. The lowest BCUT2D eigenvalue weighted by atomic mass is 9.89. The van der Waals surface area contributed by atoms with Crippen LogP contribution in [0.25, 0.3) is 17.5 Å². The van der Waals surface area contributed by atoms with Crippen molar-refractivity contribution >= 4 is 17.4 Å². The zero-order chi connectivity index (χ0) is 19.3. The molecular formula is C20H21N7O. The molecule has 0 bridgehead atoms. The maximum absolute atomic E-state index is 13.1. The van der Waals surface area contributed by atoms with E-state index in [-0.39, 0.29) is 5.91 Å². The van der Waals surface area contributed by atoms with Crippen molar-refractivity contribution in [3.8, 4) is 17.5 Å². The van der Waals surface area contributed by atoms with E-state index in [9.17, 15) is 4.79 Å². The molecule has 0 aromatic carbocycles. The van der Waals surface area contributed by atoms with Gasteiger partial charge in [-0.1, -0.05) is 13.0 Å². The fraction of sp³-hybridized carbons (Fsp3) is 0.350. The normalized spacial score (nSPS) is 21.0. The Hall–Kier alpha value is -3.29. The summed E-state index contributed by atoms with van der Waals surface area (Å²) in [7, 11) is 1.81. The van der Waals surface area contributed by atoms with Crippen LogP contribution in [-0.4, -0.2) is 49.5 Å². The number of aromatic nitrogens is 5. The standard InChI is InChI=1S/C20H21N7O/c1-3-20-8-6-11-27(20)17-15(25(2)18(20)28)13-23-19(24-17)26-12-10-22-16(26)14-7-4-5-9-21-14/h4-5,7,9-10,12-13H,3,6,8,11H2,1-2H3. The van der Waals surface area contributed by atoms with Crippen molar-refractivity contribution in [3.63, 3.8) is 0 Å². The van der Waals surface area contributed by atoms with Gasteiger partial charge in [0.2, 0.25) is 5.95 Å². The Morgan fingerprint density at radius 2 is 2.07 bits per heavy atom. The predicted molar refractivity (Wildman–Crippen MR) is 105 cm³/mol. The summed E-state index contributed by atoms with van der Waals surface area (Å²) < 4.78 is 1.84. The number of nitrogens with zero attached hydrogens (tertiary/aromatic N) is 7. The lowest BCUT2D eigenvalue weighted by Crippen LogP contribution is -2.59. The van der Waals surface area contributed by atoms with E-state index in [0.717, 1.165) is 43.0 Å². The van der Waals surface area contributed by atoms with Crippen LogP contribution in [0.5, 0.6) is 0 Å². The minimum atomic E-state index is -0.494. The zero-order valence-electron chi connectivity index (χ0n) is 15.9. The van der Waals surface area contributed by atoms with E-state index >= 15 is 0 Å². The predicted octanol–water partition coefficient (Wildman–Crippen LogP) is 2.45. The van der Waals surface area contributed by atoms with E-state index in [2.05, 4.69) is 26.8 Å². The van der Waals surface area contributed by atoms with Crippen LogP contribution < -0.4 is 9.80 Å². The molecule has 8 nitrogen and oxygen atoms in total. The van der Waals surface area contributed by atoms with Crippen LogP contribution in [0.4, 0.5) is 11.5 Å². The molecule has 8 heteroatoms. The smallest absolute Gasteiger partial charge is 0.252 e. The lowest BCUT2D eigenvalue weighted by Gasteiger charge is -2.45. The topological polar surface area (TPSA) is 80.0 Å². The van der Waals surface area contributed by atoms with Gasteiger partial charge in [-0.3, -0.25) is 14.3 Å².